The van der Waals surface area contributed by atoms with Gasteiger partial charge in [-0.15, -0.1) is 0 Å². The highest BCUT2D eigenvalue weighted by molar-refractivity contribution is 5.97. The molecule has 0 atom stereocenters. The van der Waals surface area contributed by atoms with Crippen molar-refractivity contribution in [2.75, 3.05) is 44.1 Å². The number of anilines is 3. The number of ether oxygens (including phenoxy) is 4. The van der Waals surface area contributed by atoms with Crippen LogP contribution >= 0.6 is 0 Å². The Morgan fingerprint density at radius 2 is 1.61 bits per heavy atom. The van der Waals surface area contributed by atoms with Crippen LogP contribution in [0, 0.1) is 0 Å². The van der Waals surface area contributed by atoms with Gasteiger partial charge in [-0.25, -0.2) is 0 Å². The summed E-state index contributed by atoms with van der Waals surface area (Å²) in [5.41, 5.74) is 1.49. The molecule has 5 rings (SSSR count). The van der Waals surface area contributed by atoms with Crippen molar-refractivity contribution in [3.63, 3.8) is 0 Å². The second kappa shape index (κ2) is 17.0. The fourth-order valence-electron chi connectivity index (χ4n) is 4.38. The van der Waals surface area contributed by atoms with Gasteiger partial charge in [0.2, 0.25) is 11.9 Å². The Morgan fingerprint density at radius 1 is 0.913 bits per heavy atom. The number of halogens is 3. The van der Waals surface area contributed by atoms with Gasteiger partial charge in [0.25, 0.3) is 5.91 Å². The second-order valence-corrected chi connectivity index (χ2v) is 10.4. The number of amides is 1. The van der Waals surface area contributed by atoms with Crippen LogP contribution in [0.25, 0.3) is 0 Å². The quantitative estimate of drug-likeness (QED) is 0.289. The van der Waals surface area contributed by atoms with Gasteiger partial charge >= 0.3 is 18.2 Å². The number of carbonyl (C=O) groups is 2. The Labute approximate surface area is 264 Å². The van der Waals surface area contributed by atoms with Crippen LogP contribution in [0.15, 0.2) is 42.5 Å². The maximum absolute atomic E-state index is 13.0. The fourth-order valence-corrected chi connectivity index (χ4v) is 4.38. The topological polar surface area (TPSA) is 146 Å². The molecule has 2 aliphatic heterocycles. The third-order valence-electron chi connectivity index (χ3n) is 6.74. The molecule has 0 saturated carbocycles. The van der Waals surface area contributed by atoms with E-state index in [1.54, 1.807) is 12.1 Å². The predicted molar refractivity (Wildman–Crippen MR) is 163 cm³/mol. The summed E-state index contributed by atoms with van der Waals surface area (Å²) in [5, 5.41) is 8.61. The van der Waals surface area contributed by atoms with Crippen LogP contribution < -0.4 is 30.2 Å². The van der Waals surface area contributed by atoms with Gasteiger partial charge in [-0.2, -0.15) is 28.1 Å². The van der Waals surface area contributed by atoms with Crippen molar-refractivity contribution in [1.82, 2.24) is 20.3 Å². The van der Waals surface area contributed by atoms with Crippen LogP contribution in [0.5, 0.6) is 17.5 Å². The molecule has 0 unspecified atom stereocenters. The van der Waals surface area contributed by atoms with E-state index in [0.29, 0.717) is 18.9 Å². The molecule has 2 aliphatic rings. The Bertz CT molecular complexity index is 1440. The van der Waals surface area contributed by atoms with Gasteiger partial charge in [0, 0.05) is 24.8 Å². The minimum absolute atomic E-state index is 0.00390. The highest BCUT2D eigenvalue weighted by Crippen LogP contribution is 2.27. The average Bonchev–Trinajstić information content (AvgIpc) is 3.03. The second-order valence-electron chi connectivity index (χ2n) is 10.4. The number of alkyl halides is 3. The normalized spacial score (nSPS) is 14.4. The third-order valence-corrected chi connectivity index (χ3v) is 6.74. The standard InChI is InChI=1S/C31H37F3N6O6/c1-43-26(41)14-15-35-27(42)24-13-10-22-18-25(24)45-17-7-5-3-2-4-6-16-44-23-11-8-21(9-12-23)19-36-28-38-29(37-22)40-30(39-28)46-20-31(32,33)34/h8-13,18H,2-7,14-17,19-20H2,1H3,(H,35,42)(H2,36,37,38,39,40). The number of hydrogen-bond acceptors (Lipinski definition) is 11. The molecule has 3 N–H and O–H groups in total. The summed E-state index contributed by atoms with van der Waals surface area (Å²) in [6.45, 7) is -0.306. The van der Waals surface area contributed by atoms with Crippen molar-refractivity contribution in [2.45, 2.75) is 57.7 Å². The Kier molecular flexibility index (Phi) is 12.6. The van der Waals surface area contributed by atoms with E-state index < -0.39 is 30.7 Å². The van der Waals surface area contributed by atoms with Gasteiger partial charge in [0.05, 0.1) is 32.3 Å². The van der Waals surface area contributed by atoms with Gasteiger partial charge in [-0.1, -0.05) is 37.8 Å². The summed E-state index contributed by atoms with van der Waals surface area (Å²) in [6.07, 6.45) is 1.13. The number of nitrogens with zero attached hydrogens (tertiary/aromatic N) is 3. The number of methoxy groups -OCH3 is 1. The molecular weight excluding hydrogens is 609 g/mol. The summed E-state index contributed by atoms with van der Waals surface area (Å²) < 4.78 is 60.0. The summed E-state index contributed by atoms with van der Waals surface area (Å²) >= 11 is 0. The van der Waals surface area contributed by atoms with Gasteiger partial charge in [-0.05, 0) is 42.7 Å². The monoisotopic (exact) mass is 646 g/mol. The first-order chi connectivity index (χ1) is 22.2. The lowest BCUT2D eigenvalue weighted by Gasteiger charge is -2.15. The number of fused-ring (bicyclic) bond motifs is 12. The summed E-state index contributed by atoms with van der Waals surface area (Å²) in [5.74, 6) is -0.0245. The van der Waals surface area contributed by atoms with Gasteiger partial charge in [0.15, 0.2) is 6.61 Å². The summed E-state index contributed by atoms with van der Waals surface area (Å²) in [7, 11) is 1.27. The van der Waals surface area contributed by atoms with Crippen LogP contribution in [-0.4, -0.2) is 66.5 Å². The molecule has 3 aromatic rings. The molecule has 12 nitrogen and oxygen atoms in total. The molecule has 0 fully saturated rings. The Hall–Kier alpha value is -4.82. The first-order valence-corrected chi connectivity index (χ1v) is 15.0. The van der Waals surface area contributed by atoms with Gasteiger partial charge in [-0.3, -0.25) is 9.59 Å². The molecule has 0 aliphatic carbocycles. The maximum atomic E-state index is 13.0. The first kappa shape index (κ1) is 34.1. The van der Waals surface area contributed by atoms with Crippen molar-refractivity contribution < 1.29 is 41.7 Å². The summed E-state index contributed by atoms with van der Waals surface area (Å²) in [6, 6.07) is 11.6. The van der Waals surface area contributed by atoms with Crippen LogP contribution in [0.1, 0.15) is 60.9 Å². The van der Waals surface area contributed by atoms with E-state index in [4.69, 9.17) is 14.2 Å². The van der Waals surface area contributed by atoms with Crippen molar-refractivity contribution in [3.05, 3.63) is 53.6 Å². The van der Waals surface area contributed by atoms with Crippen molar-refractivity contribution in [2.24, 2.45) is 0 Å². The van der Waals surface area contributed by atoms with E-state index in [9.17, 15) is 22.8 Å². The van der Waals surface area contributed by atoms with E-state index in [0.717, 1.165) is 49.8 Å². The van der Waals surface area contributed by atoms with E-state index in [1.165, 1.54) is 13.2 Å². The molecule has 248 valence electrons. The van der Waals surface area contributed by atoms with E-state index in [2.05, 4.69) is 35.6 Å². The Morgan fingerprint density at radius 3 is 2.33 bits per heavy atom. The molecule has 0 radical (unpaired) electrons. The van der Waals surface area contributed by atoms with Gasteiger partial charge in [0.1, 0.15) is 11.5 Å². The number of aromatic nitrogens is 3. The SMILES string of the molecule is COC(=O)CCNC(=O)c1ccc2cc1OCCCCCCCCOc1ccc(cc1)CNc1nc(nc(OCC(F)(F)F)n1)N2. The largest absolute Gasteiger partial charge is 0.494 e. The predicted octanol–water partition coefficient (Wildman–Crippen LogP) is 5.57. The van der Waals surface area contributed by atoms with Crippen LogP contribution in [0.3, 0.4) is 0 Å². The van der Waals surface area contributed by atoms with Gasteiger partial charge < -0.3 is 34.9 Å². The van der Waals surface area contributed by atoms with Crippen molar-refractivity contribution in [3.8, 4) is 17.5 Å². The lowest BCUT2D eigenvalue weighted by molar-refractivity contribution is -0.154. The molecule has 15 heteroatoms. The molecule has 1 amide bonds. The highest BCUT2D eigenvalue weighted by Gasteiger charge is 2.29. The van der Waals surface area contributed by atoms with E-state index >= 15 is 0 Å². The minimum Gasteiger partial charge on any atom is -0.494 e. The minimum atomic E-state index is -4.60. The number of hydrogen-bond donors (Lipinski definition) is 3. The number of rotatable bonds is 6. The number of nitrogens with one attached hydrogen (secondary N) is 3. The molecule has 1 aromatic heterocycles. The fraction of sp³-hybridized carbons (Fsp3) is 0.452. The van der Waals surface area contributed by atoms with Crippen molar-refractivity contribution in [1.29, 1.82) is 0 Å². The molecule has 6 bridgehead atoms. The Balaban J connectivity index is 1.59. The lowest BCUT2D eigenvalue weighted by atomic mass is 10.1. The third kappa shape index (κ3) is 11.6. The van der Waals surface area contributed by atoms with E-state index in [1.807, 2.05) is 24.3 Å². The molecule has 2 aromatic carbocycles. The number of esters is 1. The zero-order valence-electron chi connectivity index (χ0n) is 25.5. The zero-order valence-corrected chi connectivity index (χ0v) is 25.5. The maximum Gasteiger partial charge on any atom is 0.422 e. The van der Waals surface area contributed by atoms with Crippen LogP contribution in [0.2, 0.25) is 0 Å². The van der Waals surface area contributed by atoms with Crippen LogP contribution in [-0.2, 0) is 16.1 Å². The van der Waals surface area contributed by atoms with Crippen LogP contribution in [0.4, 0.5) is 30.8 Å². The molecule has 3 heterocycles. The molecular formula is C31H37F3N6O6. The zero-order chi connectivity index (χ0) is 32.8. The lowest BCUT2D eigenvalue weighted by Crippen LogP contribution is -2.27. The average molecular weight is 647 g/mol. The number of carbonyl (C=O) groups excluding carboxylic acids is 2. The number of benzene rings is 2. The van der Waals surface area contributed by atoms with Crippen molar-refractivity contribution >= 4 is 29.5 Å². The highest BCUT2D eigenvalue weighted by atomic mass is 19.4. The summed E-state index contributed by atoms with van der Waals surface area (Å²) in [4.78, 5) is 36.7. The smallest absolute Gasteiger partial charge is 0.422 e. The van der Waals surface area contributed by atoms with E-state index in [-0.39, 0.29) is 42.7 Å². The molecule has 0 saturated heterocycles. The molecule has 46 heavy (non-hydrogen) atoms. The first-order valence-electron chi connectivity index (χ1n) is 15.0. The molecule has 0 spiro atoms.